The van der Waals surface area contributed by atoms with Crippen LogP contribution in [-0.2, 0) is 14.3 Å². The SMILES string of the molecule is C#CCC[C@H]1C(=O)C(C)(C)[C@@H](O)CC(=O)O[C@H](c2ccc3oc(C)nc3c2)C/C=C(/C)CCC[C@H](C)[C@@H]1O. The van der Waals surface area contributed by atoms with Crippen LogP contribution in [0.1, 0.15) is 90.2 Å². The fraction of sp³-hybridized carbons (Fsp3) is 0.581. The molecular weight excluding hydrogens is 482 g/mol. The summed E-state index contributed by atoms with van der Waals surface area (Å²) < 4.78 is 11.5. The van der Waals surface area contributed by atoms with E-state index in [9.17, 15) is 19.8 Å². The summed E-state index contributed by atoms with van der Waals surface area (Å²) in [7, 11) is 0. The number of carbonyl (C=O) groups is 2. The lowest BCUT2D eigenvalue weighted by molar-refractivity contribution is -0.156. The molecule has 7 heteroatoms. The lowest BCUT2D eigenvalue weighted by Gasteiger charge is -2.36. The first-order valence-electron chi connectivity index (χ1n) is 13.5. The number of esters is 1. The molecule has 1 aliphatic heterocycles. The number of aryl methyl sites for hydroxylation is 1. The van der Waals surface area contributed by atoms with E-state index >= 15 is 0 Å². The normalized spacial score (nSPS) is 29.3. The first-order chi connectivity index (χ1) is 17.9. The van der Waals surface area contributed by atoms with Crippen LogP contribution in [0.25, 0.3) is 11.1 Å². The lowest BCUT2D eigenvalue weighted by atomic mass is 9.71. The van der Waals surface area contributed by atoms with Gasteiger partial charge in [0.2, 0.25) is 0 Å². The molecule has 1 aromatic heterocycles. The molecular formula is C31H41NO6. The van der Waals surface area contributed by atoms with Gasteiger partial charge in [0.25, 0.3) is 0 Å². The Kier molecular flexibility index (Phi) is 9.92. The van der Waals surface area contributed by atoms with Crippen molar-refractivity contribution >= 4 is 22.9 Å². The number of hydrogen-bond acceptors (Lipinski definition) is 7. The Morgan fingerprint density at radius 3 is 2.66 bits per heavy atom. The highest BCUT2D eigenvalue weighted by molar-refractivity contribution is 5.88. The second-order valence-electron chi connectivity index (χ2n) is 11.2. The fourth-order valence-corrected chi connectivity index (χ4v) is 5.15. The summed E-state index contributed by atoms with van der Waals surface area (Å²) in [6, 6.07) is 5.53. The van der Waals surface area contributed by atoms with Gasteiger partial charge >= 0.3 is 5.97 Å². The van der Waals surface area contributed by atoms with E-state index in [1.165, 1.54) is 0 Å². The Morgan fingerprint density at radius 1 is 1.21 bits per heavy atom. The zero-order valence-corrected chi connectivity index (χ0v) is 23.2. The molecule has 0 saturated carbocycles. The van der Waals surface area contributed by atoms with Gasteiger partial charge < -0.3 is 19.4 Å². The third-order valence-electron chi connectivity index (χ3n) is 7.83. The van der Waals surface area contributed by atoms with E-state index in [2.05, 4.69) is 17.0 Å². The van der Waals surface area contributed by atoms with Gasteiger partial charge in [-0.3, -0.25) is 9.59 Å². The topological polar surface area (TPSA) is 110 Å². The van der Waals surface area contributed by atoms with Crippen LogP contribution in [0.3, 0.4) is 0 Å². The predicted octanol–water partition coefficient (Wildman–Crippen LogP) is 5.61. The maximum absolute atomic E-state index is 13.6. The van der Waals surface area contributed by atoms with Crippen LogP contribution in [0.2, 0.25) is 0 Å². The molecule has 0 fully saturated rings. The average molecular weight is 524 g/mol. The van der Waals surface area contributed by atoms with Crippen LogP contribution >= 0.6 is 0 Å². The number of Topliss-reactive ketones (excluding diaryl/α,β-unsaturated/α-hetero) is 1. The second-order valence-corrected chi connectivity index (χ2v) is 11.2. The van der Waals surface area contributed by atoms with Crippen LogP contribution in [0.5, 0.6) is 0 Å². The number of fused-ring (bicyclic) bond motifs is 1. The molecule has 206 valence electrons. The zero-order chi connectivity index (χ0) is 28.0. The number of aliphatic hydroxyl groups excluding tert-OH is 2. The zero-order valence-electron chi connectivity index (χ0n) is 23.2. The minimum Gasteiger partial charge on any atom is -0.457 e. The first-order valence-corrected chi connectivity index (χ1v) is 13.5. The maximum Gasteiger partial charge on any atom is 0.309 e. The summed E-state index contributed by atoms with van der Waals surface area (Å²) >= 11 is 0. The number of carbonyl (C=O) groups excluding carboxylic acids is 2. The molecule has 7 nitrogen and oxygen atoms in total. The van der Waals surface area contributed by atoms with Crippen LogP contribution < -0.4 is 0 Å². The summed E-state index contributed by atoms with van der Waals surface area (Å²) in [6.45, 7) is 8.99. The van der Waals surface area contributed by atoms with Crippen molar-refractivity contribution in [2.24, 2.45) is 17.3 Å². The van der Waals surface area contributed by atoms with Gasteiger partial charge in [0.05, 0.1) is 24.0 Å². The summed E-state index contributed by atoms with van der Waals surface area (Å²) in [5.41, 5.74) is 1.99. The third-order valence-corrected chi connectivity index (χ3v) is 7.83. The molecule has 0 aliphatic carbocycles. The first kappa shape index (κ1) is 29.6. The predicted molar refractivity (Wildman–Crippen MR) is 146 cm³/mol. The van der Waals surface area contributed by atoms with E-state index in [4.69, 9.17) is 15.6 Å². The summed E-state index contributed by atoms with van der Waals surface area (Å²) in [5.74, 6) is 1.37. The Bertz CT molecular complexity index is 1200. The molecule has 1 aliphatic rings. The number of terminal acetylenes is 1. The molecule has 38 heavy (non-hydrogen) atoms. The van der Waals surface area contributed by atoms with Crippen molar-refractivity contribution in [3.63, 3.8) is 0 Å². The highest BCUT2D eigenvalue weighted by atomic mass is 16.5. The number of aromatic nitrogens is 1. The lowest BCUT2D eigenvalue weighted by Crippen LogP contribution is -2.46. The van der Waals surface area contributed by atoms with E-state index in [1.54, 1.807) is 20.8 Å². The summed E-state index contributed by atoms with van der Waals surface area (Å²) in [6.07, 6.45) is 7.98. The number of oxazole rings is 1. The van der Waals surface area contributed by atoms with Gasteiger partial charge in [0.15, 0.2) is 11.5 Å². The van der Waals surface area contributed by atoms with Crippen molar-refractivity contribution in [1.82, 2.24) is 4.98 Å². The maximum atomic E-state index is 13.6. The van der Waals surface area contributed by atoms with Crippen molar-refractivity contribution in [3.8, 4) is 12.3 Å². The molecule has 5 atom stereocenters. The molecule has 2 aromatic rings. The van der Waals surface area contributed by atoms with E-state index in [1.807, 2.05) is 32.0 Å². The second kappa shape index (κ2) is 12.7. The Balaban J connectivity index is 1.93. The van der Waals surface area contributed by atoms with Crippen molar-refractivity contribution < 1.29 is 29.0 Å². The highest BCUT2D eigenvalue weighted by Gasteiger charge is 2.43. The molecule has 0 saturated heterocycles. The fourth-order valence-electron chi connectivity index (χ4n) is 5.15. The van der Waals surface area contributed by atoms with Crippen molar-refractivity contribution in [3.05, 3.63) is 41.3 Å². The summed E-state index contributed by atoms with van der Waals surface area (Å²) in [4.78, 5) is 31.1. The summed E-state index contributed by atoms with van der Waals surface area (Å²) in [5, 5.41) is 22.2. The Hall–Kier alpha value is -2.95. The van der Waals surface area contributed by atoms with Crippen LogP contribution in [0.15, 0.2) is 34.3 Å². The van der Waals surface area contributed by atoms with Gasteiger partial charge in [-0.05, 0) is 56.2 Å². The van der Waals surface area contributed by atoms with Gasteiger partial charge in [0.1, 0.15) is 17.4 Å². The minimum absolute atomic E-state index is 0.120. The molecule has 0 amide bonds. The van der Waals surface area contributed by atoms with E-state index in [0.717, 1.165) is 30.4 Å². The smallest absolute Gasteiger partial charge is 0.309 e. The van der Waals surface area contributed by atoms with Gasteiger partial charge in [-0.15, -0.1) is 12.3 Å². The minimum atomic E-state index is -1.29. The standard InChI is InChI=1S/C31H41NO6/c1-7-8-12-23-29(35)20(3)11-9-10-19(2)13-15-25(22-14-16-26-24(17-22)32-21(4)37-26)38-28(34)18-27(33)31(5,6)30(23)36/h1,13-14,16-17,20,23,25,27,29,33,35H,8-12,15,18H2,2-6H3/b19-13-/t20-,23+,25-,27-,29-/m0/s1. The molecule has 0 spiro atoms. The van der Waals surface area contributed by atoms with Crippen molar-refractivity contribution in [2.45, 2.75) is 97.9 Å². The number of ketones is 1. The van der Waals surface area contributed by atoms with E-state index in [0.29, 0.717) is 36.3 Å². The van der Waals surface area contributed by atoms with E-state index in [-0.39, 0.29) is 18.1 Å². The van der Waals surface area contributed by atoms with Crippen LogP contribution in [-0.4, -0.2) is 39.2 Å². The van der Waals surface area contributed by atoms with Crippen molar-refractivity contribution in [1.29, 1.82) is 0 Å². The molecule has 0 bridgehead atoms. The molecule has 0 radical (unpaired) electrons. The molecule has 1 aromatic carbocycles. The van der Waals surface area contributed by atoms with Gasteiger partial charge in [-0.1, -0.05) is 38.5 Å². The number of cyclic esters (lactones) is 1. The van der Waals surface area contributed by atoms with Gasteiger partial charge in [0, 0.05) is 25.7 Å². The van der Waals surface area contributed by atoms with E-state index < -0.39 is 35.6 Å². The third kappa shape index (κ3) is 7.12. The van der Waals surface area contributed by atoms with Gasteiger partial charge in [-0.2, -0.15) is 0 Å². The monoisotopic (exact) mass is 523 g/mol. The van der Waals surface area contributed by atoms with Gasteiger partial charge in [-0.25, -0.2) is 4.98 Å². The number of hydrogen-bond donors (Lipinski definition) is 2. The molecule has 2 N–H and O–H groups in total. The molecule has 2 heterocycles. The highest BCUT2D eigenvalue weighted by Crippen LogP contribution is 2.35. The number of benzene rings is 1. The quantitative estimate of drug-likeness (QED) is 0.305. The Labute approximate surface area is 225 Å². The van der Waals surface area contributed by atoms with Crippen molar-refractivity contribution in [2.75, 3.05) is 0 Å². The number of allylic oxidation sites excluding steroid dienone is 1. The number of nitrogens with zero attached hydrogens (tertiary/aromatic N) is 1. The number of ether oxygens (including phenoxy) is 1. The van der Waals surface area contributed by atoms with Crippen LogP contribution in [0, 0.1) is 36.5 Å². The van der Waals surface area contributed by atoms with Crippen LogP contribution in [0.4, 0.5) is 0 Å². The Morgan fingerprint density at radius 2 is 1.95 bits per heavy atom. The molecule has 0 unspecified atom stereocenters. The average Bonchev–Trinajstić information content (AvgIpc) is 3.24. The number of aliphatic hydroxyl groups is 2. The molecule has 3 rings (SSSR count). The largest absolute Gasteiger partial charge is 0.457 e. The number of rotatable bonds is 3.